The Bertz CT molecular complexity index is 400. The van der Waals surface area contributed by atoms with Crippen LogP contribution in [0.5, 0.6) is 0 Å². The van der Waals surface area contributed by atoms with E-state index in [0.29, 0.717) is 12.6 Å². The van der Waals surface area contributed by atoms with E-state index in [1.54, 1.807) is 0 Å². The van der Waals surface area contributed by atoms with E-state index in [-0.39, 0.29) is 5.91 Å². The summed E-state index contributed by atoms with van der Waals surface area (Å²) < 4.78 is 0. The quantitative estimate of drug-likeness (QED) is 0.834. The lowest BCUT2D eigenvalue weighted by Gasteiger charge is -2.35. The van der Waals surface area contributed by atoms with E-state index in [1.165, 1.54) is 5.56 Å². The molecule has 1 atom stereocenters. The molecule has 104 valence electrons. The molecule has 0 spiro atoms. The Hall–Kier alpha value is -1.04. The van der Waals surface area contributed by atoms with Crippen LogP contribution in [0, 0.1) is 0 Å². The third-order valence-corrected chi connectivity index (χ3v) is 4.35. The highest BCUT2D eigenvalue weighted by atomic mass is 32.2. The fraction of sp³-hybridized carbons (Fsp3) is 0.500. The van der Waals surface area contributed by atoms with Crippen LogP contribution in [0.25, 0.3) is 0 Å². The molecule has 0 saturated carbocycles. The van der Waals surface area contributed by atoms with Crippen molar-refractivity contribution < 1.29 is 9.90 Å². The van der Waals surface area contributed by atoms with Gasteiger partial charge in [0.15, 0.2) is 0 Å². The SMILES string of the molecule is O=C(CO)NC[C@@H]1CSCCN1Cc1ccccc1. The molecule has 1 aromatic carbocycles. The fourth-order valence-electron chi connectivity index (χ4n) is 2.19. The maximum atomic E-state index is 11.1. The van der Waals surface area contributed by atoms with Crippen molar-refractivity contribution in [2.24, 2.45) is 0 Å². The van der Waals surface area contributed by atoms with Gasteiger partial charge in [-0.25, -0.2) is 0 Å². The van der Waals surface area contributed by atoms with E-state index < -0.39 is 6.61 Å². The molecule has 1 amide bonds. The van der Waals surface area contributed by atoms with Crippen molar-refractivity contribution in [3.63, 3.8) is 0 Å². The molecule has 19 heavy (non-hydrogen) atoms. The van der Waals surface area contributed by atoms with Crippen molar-refractivity contribution in [3.05, 3.63) is 35.9 Å². The Kier molecular flexibility index (Phi) is 5.69. The lowest BCUT2D eigenvalue weighted by Crippen LogP contribution is -2.48. The summed E-state index contributed by atoms with van der Waals surface area (Å²) in [7, 11) is 0. The molecule has 1 saturated heterocycles. The number of benzene rings is 1. The predicted octanol–water partition coefficient (Wildman–Crippen LogP) is 0.712. The normalized spacial score (nSPS) is 20.2. The van der Waals surface area contributed by atoms with E-state index in [9.17, 15) is 4.79 Å². The van der Waals surface area contributed by atoms with Gasteiger partial charge in [-0.2, -0.15) is 11.8 Å². The molecule has 1 aliphatic heterocycles. The van der Waals surface area contributed by atoms with Gasteiger partial charge in [0, 0.05) is 37.2 Å². The molecule has 1 aromatic rings. The van der Waals surface area contributed by atoms with Crippen LogP contribution >= 0.6 is 11.8 Å². The Labute approximate surface area is 118 Å². The van der Waals surface area contributed by atoms with Crippen LogP contribution in [-0.4, -0.2) is 53.2 Å². The van der Waals surface area contributed by atoms with E-state index in [2.05, 4.69) is 34.5 Å². The van der Waals surface area contributed by atoms with E-state index in [1.807, 2.05) is 17.8 Å². The number of carbonyl (C=O) groups excluding carboxylic acids is 1. The zero-order valence-electron chi connectivity index (χ0n) is 10.9. The molecule has 4 nitrogen and oxygen atoms in total. The van der Waals surface area contributed by atoms with Gasteiger partial charge in [-0.3, -0.25) is 9.69 Å². The number of hydrogen-bond acceptors (Lipinski definition) is 4. The van der Waals surface area contributed by atoms with Crippen LogP contribution in [0.2, 0.25) is 0 Å². The van der Waals surface area contributed by atoms with Gasteiger partial charge in [-0.05, 0) is 5.56 Å². The minimum absolute atomic E-state index is 0.296. The van der Waals surface area contributed by atoms with Gasteiger partial charge in [0.2, 0.25) is 5.91 Å². The summed E-state index contributed by atoms with van der Waals surface area (Å²) in [6.07, 6.45) is 0. The lowest BCUT2D eigenvalue weighted by molar-refractivity contribution is -0.124. The number of rotatable bonds is 5. The van der Waals surface area contributed by atoms with Crippen molar-refractivity contribution in [2.75, 3.05) is 31.2 Å². The van der Waals surface area contributed by atoms with Crippen molar-refractivity contribution >= 4 is 17.7 Å². The van der Waals surface area contributed by atoms with Gasteiger partial charge in [0.25, 0.3) is 0 Å². The number of aliphatic hydroxyl groups excluding tert-OH is 1. The smallest absolute Gasteiger partial charge is 0.245 e. The van der Waals surface area contributed by atoms with Gasteiger partial charge >= 0.3 is 0 Å². The molecule has 1 fully saturated rings. The second-order valence-corrected chi connectivity index (χ2v) is 5.80. The van der Waals surface area contributed by atoms with Gasteiger partial charge in [-0.15, -0.1) is 0 Å². The van der Waals surface area contributed by atoms with Crippen LogP contribution in [0.4, 0.5) is 0 Å². The molecule has 0 radical (unpaired) electrons. The predicted molar refractivity (Wildman–Crippen MR) is 78.1 cm³/mol. The first-order valence-electron chi connectivity index (χ1n) is 6.53. The van der Waals surface area contributed by atoms with Gasteiger partial charge in [0.05, 0.1) is 0 Å². The zero-order chi connectivity index (χ0) is 13.5. The summed E-state index contributed by atoms with van der Waals surface area (Å²) in [6, 6.07) is 10.7. The minimum atomic E-state index is -0.432. The summed E-state index contributed by atoms with van der Waals surface area (Å²) in [5, 5.41) is 11.5. The van der Waals surface area contributed by atoms with Crippen LogP contribution in [0.1, 0.15) is 5.56 Å². The summed E-state index contributed by atoms with van der Waals surface area (Å²) in [5.74, 6) is 1.87. The number of hydrogen-bond donors (Lipinski definition) is 2. The first kappa shape index (κ1) is 14.4. The summed E-state index contributed by atoms with van der Waals surface area (Å²) in [6.45, 7) is 2.14. The molecule has 0 unspecified atom stereocenters. The monoisotopic (exact) mass is 280 g/mol. The molecule has 0 aliphatic carbocycles. The molecular formula is C14H20N2O2S. The van der Waals surface area contributed by atoms with Crippen LogP contribution in [0.15, 0.2) is 30.3 Å². The number of nitrogens with one attached hydrogen (secondary N) is 1. The molecular weight excluding hydrogens is 260 g/mol. The van der Waals surface area contributed by atoms with Gasteiger partial charge in [-0.1, -0.05) is 30.3 Å². The Balaban J connectivity index is 1.90. The van der Waals surface area contributed by atoms with Crippen LogP contribution in [0.3, 0.4) is 0 Å². The molecule has 2 N–H and O–H groups in total. The highest BCUT2D eigenvalue weighted by Crippen LogP contribution is 2.18. The molecule has 0 bridgehead atoms. The Morgan fingerprint density at radius 1 is 1.42 bits per heavy atom. The summed E-state index contributed by atoms with van der Waals surface area (Å²) in [4.78, 5) is 13.5. The molecule has 5 heteroatoms. The first-order chi connectivity index (χ1) is 9.29. The van der Waals surface area contributed by atoms with E-state index >= 15 is 0 Å². The highest BCUT2D eigenvalue weighted by Gasteiger charge is 2.23. The fourth-order valence-corrected chi connectivity index (χ4v) is 3.32. The lowest BCUT2D eigenvalue weighted by atomic mass is 10.1. The molecule has 2 rings (SSSR count). The number of aliphatic hydroxyl groups is 1. The topological polar surface area (TPSA) is 52.6 Å². The minimum Gasteiger partial charge on any atom is -0.387 e. The molecule has 0 aromatic heterocycles. The highest BCUT2D eigenvalue weighted by molar-refractivity contribution is 7.99. The number of amides is 1. The third kappa shape index (κ3) is 4.53. The third-order valence-electron chi connectivity index (χ3n) is 3.26. The van der Waals surface area contributed by atoms with Crippen molar-refractivity contribution in [2.45, 2.75) is 12.6 Å². The Morgan fingerprint density at radius 3 is 2.95 bits per heavy atom. The first-order valence-corrected chi connectivity index (χ1v) is 7.68. The molecule has 1 aliphatic rings. The summed E-state index contributed by atoms with van der Waals surface area (Å²) in [5.41, 5.74) is 1.30. The van der Waals surface area contributed by atoms with Crippen LogP contribution < -0.4 is 5.32 Å². The van der Waals surface area contributed by atoms with E-state index in [4.69, 9.17) is 5.11 Å². The maximum absolute atomic E-state index is 11.1. The number of thioether (sulfide) groups is 1. The molecule has 1 heterocycles. The number of nitrogens with zero attached hydrogens (tertiary/aromatic N) is 1. The van der Waals surface area contributed by atoms with Crippen molar-refractivity contribution in [1.29, 1.82) is 0 Å². The standard InChI is InChI=1S/C14H20N2O2S/c17-10-14(18)15-8-13-11-19-7-6-16(13)9-12-4-2-1-3-5-12/h1-5,13,17H,6-11H2,(H,15,18)/t13-/m1/s1. The summed E-state index contributed by atoms with van der Waals surface area (Å²) >= 11 is 1.92. The maximum Gasteiger partial charge on any atom is 0.245 e. The van der Waals surface area contributed by atoms with Gasteiger partial charge < -0.3 is 10.4 Å². The zero-order valence-corrected chi connectivity index (χ0v) is 11.7. The number of carbonyl (C=O) groups is 1. The van der Waals surface area contributed by atoms with Gasteiger partial charge in [0.1, 0.15) is 6.61 Å². The van der Waals surface area contributed by atoms with Crippen molar-refractivity contribution in [1.82, 2.24) is 10.2 Å². The van der Waals surface area contributed by atoms with Crippen LogP contribution in [-0.2, 0) is 11.3 Å². The van der Waals surface area contributed by atoms with Crippen molar-refractivity contribution in [3.8, 4) is 0 Å². The average Bonchev–Trinajstić information content (AvgIpc) is 2.47. The van der Waals surface area contributed by atoms with E-state index in [0.717, 1.165) is 24.6 Å². The Morgan fingerprint density at radius 2 is 2.21 bits per heavy atom. The largest absolute Gasteiger partial charge is 0.387 e. The second kappa shape index (κ2) is 7.53. The average molecular weight is 280 g/mol. The second-order valence-electron chi connectivity index (χ2n) is 4.65.